The van der Waals surface area contributed by atoms with E-state index in [0.717, 1.165) is 0 Å². The molecule has 0 aliphatic carbocycles. The Morgan fingerprint density at radius 2 is 2.00 bits per heavy atom. The maximum atomic E-state index is 11.0. The van der Waals surface area contributed by atoms with E-state index < -0.39 is 5.97 Å². The molecule has 0 radical (unpaired) electrons. The fourth-order valence-corrected chi connectivity index (χ4v) is 0.767. The summed E-state index contributed by atoms with van der Waals surface area (Å²) in [5.74, 6) is -0.470. The topological polar surface area (TPSA) is 43.4 Å². The number of carbonyl (C=O) groups excluding carboxylic acids is 2. The van der Waals surface area contributed by atoms with Gasteiger partial charge >= 0.3 is 35.5 Å². The molecular weight excluding hydrogens is 179 g/mol. The first-order valence-electron chi connectivity index (χ1n) is 3.50. The average Bonchev–Trinajstić information content (AvgIpc) is 2.15. The molecule has 0 spiro atoms. The minimum Gasteiger partial charge on any atom is -1.00 e. The zero-order valence-corrected chi connectivity index (χ0v) is 9.40. The molecule has 4 heteroatoms. The van der Waals surface area contributed by atoms with Crippen LogP contribution in [0, 0.1) is 0 Å². The third kappa shape index (κ3) is 4.22. The molecule has 0 fully saturated rings. The first-order valence-corrected chi connectivity index (χ1v) is 3.50. The third-order valence-corrected chi connectivity index (χ3v) is 1.29. The minimum atomic E-state index is -0.470. The van der Waals surface area contributed by atoms with Crippen molar-refractivity contribution < 1.29 is 45.3 Å². The van der Waals surface area contributed by atoms with Gasteiger partial charge in [0.2, 0.25) is 0 Å². The Labute approximate surface area is 99.9 Å². The van der Waals surface area contributed by atoms with Crippen molar-refractivity contribution in [3.8, 4) is 0 Å². The number of hydrogen-bond donors (Lipinski definition) is 0. The van der Waals surface area contributed by atoms with Gasteiger partial charge in [-0.3, -0.25) is 4.79 Å². The summed E-state index contributed by atoms with van der Waals surface area (Å²) in [6.07, 6.45) is 0.542. The molecule has 0 atom stereocenters. The quantitative estimate of drug-likeness (QED) is 0.318. The van der Waals surface area contributed by atoms with Crippen molar-refractivity contribution in [3.05, 3.63) is 35.9 Å². The van der Waals surface area contributed by atoms with E-state index in [1.54, 1.807) is 30.3 Å². The second kappa shape index (κ2) is 6.83. The Hall–Kier alpha value is -0.640. The maximum Gasteiger partial charge on any atom is 1.00 e. The Balaban J connectivity index is 0. The van der Waals surface area contributed by atoms with Crippen LogP contribution in [-0.4, -0.2) is 18.9 Å². The van der Waals surface area contributed by atoms with Crippen LogP contribution in [0.3, 0.4) is 0 Å². The van der Waals surface area contributed by atoms with Crippen molar-refractivity contribution >= 4 is 12.3 Å². The van der Waals surface area contributed by atoms with Crippen LogP contribution in [0.15, 0.2) is 30.3 Å². The van der Waals surface area contributed by atoms with Crippen LogP contribution in [0.5, 0.6) is 0 Å². The summed E-state index contributed by atoms with van der Waals surface area (Å²) in [6, 6.07) is 8.53. The van der Waals surface area contributed by atoms with Crippen LogP contribution >= 0.6 is 0 Å². The standard InChI is InChI=1S/C9H8O3.Na.H/c10-6-7-12-9(11)8-4-2-1-3-5-8;;/h1-6H,7H2;;/q;+1;-1. The maximum absolute atomic E-state index is 11.0. The van der Waals surface area contributed by atoms with E-state index in [9.17, 15) is 9.59 Å². The molecule has 3 nitrogen and oxygen atoms in total. The van der Waals surface area contributed by atoms with Gasteiger partial charge in [-0.25, -0.2) is 4.79 Å². The minimum absolute atomic E-state index is 0. The van der Waals surface area contributed by atoms with Crippen LogP contribution in [0.1, 0.15) is 11.8 Å². The number of esters is 1. The smallest absolute Gasteiger partial charge is 1.00 e. The summed E-state index contributed by atoms with van der Waals surface area (Å²) < 4.78 is 4.57. The molecule has 64 valence electrons. The Bertz CT molecular complexity index is 277. The van der Waals surface area contributed by atoms with E-state index in [2.05, 4.69) is 4.74 Å². The van der Waals surface area contributed by atoms with Crippen LogP contribution < -0.4 is 29.6 Å². The number of ether oxygens (including phenoxy) is 1. The predicted molar refractivity (Wildman–Crippen MR) is 43.9 cm³/mol. The van der Waals surface area contributed by atoms with E-state index in [-0.39, 0.29) is 37.6 Å². The Morgan fingerprint density at radius 3 is 2.54 bits per heavy atom. The van der Waals surface area contributed by atoms with Gasteiger partial charge in [0.1, 0.15) is 6.61 Å². The molecular formula is C9H9NaO3. The van der Waals surface area contributed by atoms with E-state index in [1.807, 2.05) is 0 Å². The molecule has 0 saturated carbocycles. The van der Waals surface area contributed by atoms with Crippen molar-refractivity contribution in [1.82, 2.24) is 0 Å². The van der Waals surface area contributed by atoms with Crippen molar-refractivity contribution in [2.24, 2.45) is 0 Å². The molecule has 0 heterocycles. The van der Waals surface area contributed by atoms with Crippen molar-refractivity contribution in [3.63, 3.8) is 0 Å². The number of aldehydes is 1. The van der Waals surface area contributed by atoms with Crippen molar-refractivity contribution in [2.45, 2.75) is 0 Å². The Kier molecular flexibility index (Phi) is 6.49. The summed E-state index contributed by atoms with van der Waals surface area (Å²) in [5, 5.41) is 0. The van der Waals surface area contributed by atoms with Gasteiger partial charge in [0.15, 0.2) is 6.29 Å². The normalized spacial score (nSPS) is 8.31. The van der Waals surface area contributed by atoms with Gasteiger partial charge in [-0.2, -0.15) is 0 Å². The molecule has 0 N–H and O–H groups in total. The van der Waals surface area contributed by atoms with E-state index in [1.165, 1.54) is 0 Å². The molecule has 0 amide bonds. The summed E-state index contributed by atoms with van der Waals surface area (Å²) in [7, 11) is 0. The number of benzene rings is 1. The zero-order chi connectivity index (χ0) is 8.81. The largest absolute Gasteiger partial charge is 1.00 e. The summed E-state index contributed by atoms with van der Waals surface area (Å²) in [6.45, 7) is -0.187. The number of hydrogen-bond acceptors (Lipinski definition) is 3. The second-order valence-electron chi connectivity index (χ2n) is 2.13. The predicted octanol–water partition coefficient (Wildman–Crippen LogP) is -1.84. The molecule has 1 aromatic rings. The monoisotopic (exact) mass is 188 g/mol. The first kappa shape index (κ1) is 12.4. The second-order valence-corrected chi connectivity index (χ2v) is 2.13. The average molecular weight is 188 g/mol. The van der Waals surface area contributed by atoms with E-state index in [4.69, 9.17) is 0 Å². The van der Waals surface area contributed by atoms with Gasteiger partial charge in [-0.1, -0.05) is 18.2 Å². The fourth-order valence-electron chi connectivity index (χ4n) is 0.767. The molecule has 0 saturated heterocycles. The molecule has 13 heavy (non-hydrogen) atoms. The molecule has 0 aliphatic heterocycles. The molecule has 0 aromatic heterocycles. The van der Waals surface area contributed by atoms with E-state index in [0.29, 0.717) is 11.8 Å². The summed E-state index contributed by atoms with van der Waals surface area (Å²) in [4.78, 5) is 20.9. The van der Waals surface area contributed by atoms with Gasteiger partial charge in [-0.05, 0) is 12.1 Å². The van der Waals surface area contributed by atoms with Gasteiger partial charge in [0.05, 0.1) is 5.56 Å². The summed E-state index contributed by atoms with van der Waals surface area (Å²) >= 11 is 0. The number of carbonyl (C=O) groups is 2. The van der Waals surface area contributed by atoms with Crippen molar-refractivity contribution in [1.29, 1.82) is 0 Å². The SMILES string of the molecule is O=CCOC(=O)c1ccccc1.[H-].[Na+]. The van der Waals surface area contributed by atoms with Gasteiger partial charge in [0.25, 0.3) is 0 Å². The van der Waals surface area contributed by atoms with Crippen molar-refractivity contribution in [2.75, 3.05) is 6.61 Å². The summed E-state index contributed by atoms with van der Waals surface area (Å²) in [5.41, 5.74) is 0.458. The van der Waals surface area contributed by atoms with Gasteiger partial charge < -0.3 is 6.16 Å². The van der Waals surface area contributed by atoms with Gasteiger partial charge in [0, 0.05) is 0 Å². The fraction of sp³-hybridized carbons (Fsp3) is 0.111. The molecule has 1 rings (SSSR count). The first-order chi connectivity index (χ1) is 5.84. The Morgan fingerprint density at radius 1 is 1.38 bits per heavy atom. The molecule has 0 bridgehead atoms. The van der Waals surface area contributed by atoms with Crippen LogP contribution in [0.25, 0.3) is 0 Å². The third-order valence-electron chi connectivity index (χ3n) is 1.29. The number of rotatable bonds is 3. The van der Waals surface area contributed by atoms with Crippen LogP contribution in [0.2, 0.25) is 0 Å². The van der Waals surface area contributed by atoms with Crippen LogP contribution in [0.4, 0.5) is 0 Å². The zero-order valence-electron chi connectivity index (χ0n) is 8.40. The van der Waals surface area contributed by atoms with Crippen LogP contribution in [-0.2, 0) is 9.53 Å². The van der Waals surface area contributed by atoms with E-state index >= 15 is 0 Å². The molecule has 1 aromatic carbocycles. The molecule has 0 aliphatic rings. The van der Waals surface area contributed by atoms with Gasteiger partial charge in [-0.15, -0.1) is 0 Å². The molecule has 0 unspecified atom stereocenters.